The number of carbonyl (C=O) groups is 1. The van der Waals surface area contributed by atoms with Gasteiger partial charge in [0.2, 0.25) is 0 Å². The number of amides is 1. The molecule has 3 aromatic rings. The van der Waals surface area contributed by atoms with Crippen LogP contribution in [-0.2, 0) is 0 Å². The zero-order valence-electron chi connectivity index (χ0n) is 15.3. The van der Waals surface area contributed by atoms with E-state index >= 15 is 0 Å². The first-order valence-electron chi connectivity index (χ1n) is 8.85. The molecule has 0 bridgehead atoms. The summed E-state index contributed by atoms with van der Waals surface area (Å²) >= 11 is 7.84. The van der Waals surface area contributed by atoms with Gasteiger partial charge in [-0.15, -0.1) is 5.10 Å². The van der Waals surface area contributed by atoms with Gasteiger partial charge in [0.15, 0.2) is 5.69 Å². The van der Waals surface area contributed by atoms with Gasteiger partial charge in [-0.25, -0.2) is 4.68 Å². The normalized spacial score (nSPS) is 12.3. The quantitative estimate of drug-likeness (QED) is 0.621. The van der Waals surface area contributed by atoms with E-state index in [1.54, 1.807) is 23.6 Å². The number of hydrogen-bond acceptors (Lipinski definition) is 5. The van der Waals surface area contributed by atoms with Crippen LogP contribution in [0.5, 0.6) is 0 Å². The largest absolute Gasteiger partial charge is 0.349 e. The Hall–Kier alpha value is -2.22. The summed E-state index contributed by atoms with van der Waals surface area (Å²) < 4.78 is 1.51. The van der Waals surface area contributed by atoms with Gasteiger partial charge in [0.1, 0.15) is 0 Å². The van der Waals surface area contributed by atoms with Crippen LogP contribution < -0.4 is 5.32 Å². The number of rotatable bonds is 8. The van der Waals surface area contributed by atoms with E-state index in [1.165, 1.54) is 10.2 Å². The minimum absolute atomic E-state index is 0.133. The summed E-state index contributed by atoms with van der Waals surface area (Å²) in [6.45, 7) is 6.58. The van der Waals surface area contributed by atoms with Crippen LogP contribution in [0.25, 0.3) is 5.69 Å². The number of aromatic nitrogens is 3. The molecule has 1 amide bonds. The van der Waals surface area contributed by atoms with E-state index in [1.807, 2.05) is 18.2 Å². The molecule has 6 nitrogen and oxygen atoms in total. The highest BCUT2D eigenvalue weighted by molar-refractivity contribution is 7.07. The van der Waals surface area contributed by atoms with Gasteiger partial charge in [0, 0.05) is 6.54 Å². The molecule has 8 heteroatoms. The van der Waals surface area contributed by atoms with E-state index in [0.29, 0.717) is 17.3 Å². The van der Waals surface area contributed by atoms with E-state index in [4.69, 9.17) is 11.6 Å². The molecule has 27 heavy (non-hydrogen) atoms. The second-order valence-electron chi connectivity index (χ2n) is 6.00. The minimum atomic E-state index is -0.249. The van der Waals surface area contributed by atoms with Crippen molar-refractivity contribution in [2.45, 2.75) is 19.9 Å². The van der Waals surface area contributed by atoms with Crippen LogP contribution in [0.3, 0.4) is 0 Å². The predicted octanol–water partition coefficient (Wildman–Crippen LogP) is 3.80. The molecule has 142 valence electrons. The maximum atomic E-state index is 12.6. The third-order valence-corrected chi connectivity index (χ3v) is 5.48. The highest BCUT2D eigenvalue weighted by atomic mass is 35.5. The first kappa shape index (κ1) is 19.5. The van der Waals surface area contributed by atoms with Gasteiger partial charge in [-0.05, 0) is 47.6 Å². The second kappa shape index (κ2) is 9.12. The fourth-order valence-corrected chi connectivity index (χ4v) is 3.92. The zero-order chi connectivity index (χ0) is 19.2. The van der Waals surface area contributed by atoms with Gasteiger partial charge < -0.3 is 5.32 Å². The summed E-state index contributed by atoms with van der Waals surface area (Å²) in [5, 5.41) is 15.7. The number of halogens is 1. The van der Waals surface area contributed by atoms with E-state index in [9.17, 15) is 4.79 Å². The third-order valence-electron chi connectivity index (χ3n) is 4.46. The van der Waals surface area contributed by atoms with Gasteiger partial charge in [-0.1, -0.05) is 42.8 Å². The van der Waals surface area contributed by atoms with Gasteiger partial charge in [0.25, 0.3) is 5.91 Å². The smallest absolute Gasteiger partial charge is 0.273 e. The number of carbonyl (C=O) groups excluding carboxylic acids is 1. The minimum Gasteiger partial charge on any atom is -0.349 e. The van der Waals surface area contributed by atoms with Gasteiger partial charge in [0.05, 0.1) is 22.9 Å². The number of thiophene rings is 1. The van der Waals surface area contributed by atoms with Crippen molar-refractivity contribution in [1.29, 1.82) is 0 Å². The average Bonchev–Trinajstić information content (AvgIpc) is 3.37. The van der Waals surface area contributed by atoms with Crippen LogP contribution in [-0.4, -0.2) is 45.4 Å². The Morgan fingerprint density at radius 1 is 1.30 bits per heavy atom. The molecule has 2 heterocycles. The van der Waals surface area contributed by atoms with Gasteiger partial charge in [-0.2, -0.15) is 11.3 Å². The number of likely N-dealkylation sites (N-methyl/N-ethyl adjacent to an activating group) is 1. The Labute approximate surface area is 167 Å². The monoisotopic (exact) mass is 403 g/mol. The lowest BCUT2D eigenvalue weighted by Gasteiger charge is -2.29. The molecule has 1 N–H and O–H groups in total. The fourth-order valence-electron chi connectivity index (χ4n) is 2.99. The zero-order valence-corrected chi connectivity index (χ0v) is 16.9. The maximum Gasteiger partial charge on any atom is 0.273 e. The van der Waals surface area contributed by atoms with Crippen LogP contribution >= 0.6 is 22.9 Å². The van der Waals surface area contributed by atoms with E-state index < -0.39 is 0 Å². The number of nitrogens with one attached hydrogen (secondary N) is 1. The van der Waals surface area contributed by atoms with Crippen molar-refractivity contribution in [3.63, 3.8) is 0 Å². The summed E-state index contributed by atoms with van der Waals surface area (Å²) in [4.78, 5) is 14.9. The lowest BCUT2D eigenvalue weighted by molar-refractivity contribution is 0.0930. The standard InChI is InChI=1S/C19H22ClN5OS/c1-3-24(4-2)18(14-9-10-27-13-14)11-21-19(26)16-12-25(23-22-16)17-8-6-5-7-15(17)20/h5-10,12-13,18H,3-4,11H2,1-2H3,(H,21,26). The molecule has 1 unspecified atom stereocenters. The summed E-state index contributed by atoms with van der Waals surface area (Å²) in [6, 6.07) is 9.54. The molecule has 1 aromatic carbocycles. The molecule has 0 radical (unpaired) electrons. The molecule has 2 aromatic heterocycles. The van der Waals surface area contributed by atoms with Crippen molar-refractivity contribution in [2.75, 3.05) is 19.6 Å². The molecule has 0 aliphatic heterocycles. The summed E-state index contributed by atoms with van der Waals surface area (Å²) in [7, 11) is 0. The molecule has 0 saturated heterocycles. The molecule has 0 aliphatic rings. The lowest BCUT2D eigenvalue weighted by Crippen LogP contribution is -2.38. The van der Waals surface area contributed by atoms with Crippen molar-refractivity contribution >= 4 is 28.8 Å². The van der Waals surface area contributed by atoms with E-state index in [2.05, 4.69) is 51.2 Å². The Morgan fingerprint density at radius 2 is 2.07 bits per heavy atom. The Morgan fingerprint density at radius 3 is 2.74 bits per heavy atom. The van der Waals surface area contributed by atoms with Crippen molar-refractivity contribution in [3.8, 4) is 5.69 Å². The molecule has 0 spiro atoms. The van der Waals surface area contributed by atoms with Crippen LogP contribution in [0.1, 0.15) is 35.9 Å². The first-order chi connectivity index (χ1) is 13.1. The van der Waals surface area contributed by atoms with Crippen molar-refractivity contribution < 1.29 is 4.79 Å². The Bertz CT molecular complexity index is 876. The van der Waals surface area contributed by atoms with E-state index in [0.717, 1.165) is 13.1 Å². The Kier molecular flexibility index (Phi) is 6.60. The summed E-state index contributed by atoms with van der Waals surface area (Å²) in [5.41, 5.74) is 2.16. The highest BCUT2D eigenvalue weighted by Crippen LogP contribution is 2.22. The Balaban J connectivity index is 1.71. The van der Waals surface area contributed by atoms with Crippen LogP contribution in [0, 0.1) is 0 Å². The van der Waals surface area contributed by atoms with Crippen LogP contribution in [0.15, 0.2) is 47.3 Å². The average molecular weight is 404 g/mol. The summed E-state index contributed by atoms with van der Waals surface area (Å²) in [6.07, 6.45) is 1.59. The number of hydrogen-bond donors (Lipinski definition) is 1. The van der Waals surface area contributed by atoms with Gasteiger partial charge in [-0.3, -0.25) is 9.69 Å². The summed E-state index contributed by atoms with van der Waals surface area (Å²) in [5.74, 6) is -0.249. The number of para-hydroxylation sites is 1. The molecule has 0 fully saturated rings. The fraction of sp³-hybridized carbons (Fsp3) is 0.316. The van der Waals surface area contributed by atoms with Crippen molar-refractivity contribution in [2.24, 2.45) is 0 Å². The van der Waals surface area contributed by atoms with Crippen LogP contribution in [0.2, 0.25) is 5.02 Å². The molecule has 0 aliphatic carbocycles. The third kappa shape index (κ3) is 4.55. The van der Waals surface area contributed by atoms with Crippen molar-refractivity contribution in [3.05, 3.63) is 63.6 Å². The lowest BCUT2D eigenvalue weighted by atomic mass is 10.1. The topological polar surface area (TPSA) is 63.1 Å². The maximum absolute atomic E-state index is 12.6. The number of nitrogens with zero attached hydrogens (tertiary/aromatic N) is 4. The molecule has 1 atom stereocenters. The molecular formula is C19H22ClN5OS. The number of benzene rings is 1. The molecule has 3 rings (SSSR count). The van der Waals surface area contributed by atoms with E-state index in [-0.39, 0.29) is 17.6 Å². The van der Waals surface area contributed by atoms with Crippen LogP contribution in [0.4, 0.5) is 0 Å². The highest BCUT2D eigenvalue weighted by Gasteiger charge is 2.20. The molecule has 0 saturated carbocycles. The molecular weight excluding hydrogens is 382 g/mol. The predicted molar refractivity (Wildman–Crippen MR) is 109 cm³/mol. The first-order valence-corrected chi connectivity index (χ1v) is 10.2. The second-order valence-corrected chi connectivity index (χ2v) is 7.19. The van der Waals surface area contributed by atoms with Gasteiger partial charge >= 0.3 is 0 Å². The van der Waals surface area contributed by atoms with Crippen molar-refractivity contribution in [1.82, 2.24) is 25.2 Å². The SMILES string of the molecule is CCN(CC)C(CNC(=O)c1cn(-c2ccccc2Cl)nn1)c1ccsc1.